The lowest BCUT2D eigenvalue weighted by Gasteiger charge is -2.09. The molecule has 0 radical (unpaired) electrons. The molecule has 21 heavy (non-hydrogen) atoms. The summed E-state index contributed by atoms with van der Waals surface area (Å²) in [7, 11) is 0. The highest BCUT2D eigenvalue weighted by atomic mass is 35.5. The van der Waals surface area contributed by atoms with Crippen molar-refractivity contribution in [2.45, 2.75) is 20.0 Å². The van der Waals surface area contributed by atoms with Crippen LogP contribution in [0.15, 0.2) is 43.0 Å². The van der Waals surface area contributed by atoms with E-state index in [4.69, 9.17) is 11.6 Å². The van der Waals surface area contributed by atoms with Gasteiger partial charge in [0.25, 0.3) is 0 Å². The smallest absolute Gasteiger partial charge is 0.143 e. The maximum atomic E-state index is 6.23. The van der Waals surface area contributed by atoms with Crippen molar-refractivity contribution in [2.75, 3.05) is 5.32 Å². The summed E-state index contributed by atoms with van der Waals surface area (Å²) in [4.78, 5) is 0. The third kappa shape index (κ3) is 3.05. The Morgan fingerprint density at radius 1 is 1.29 bits per heavy atom. The normalized spacial score (nSPS) is 10.8. The van der Waals surface area contributed by atoms with Crippen LogP contribution in [0.1, 0.15) is 12.5 Å². The molecule has 3 rings (SSSR count). The minimum atomic E-state index is 0.668. The maximum absolute atomic E-state index is 6.23. The van der Waals surface area contributed by atoms with E-state index in [-0.39, 0.29) is 0 Å². The summed E-state index contributed by atoms with van der Waals surface area (Å²) in [5.41, 5.74) is 2.92. The molecular weight excluding hydrogens is 288 g/mol. The van der Waals surface area contributed by atoms with E-state index in [1.54, 1.807) is 11.0 Å². The second kappa shape index (κ2) is 5.97. The Bertz CT molecular complexity index is 719. The summed E-state index contributed by atoms with van der Waals surface area (Å²) in [5.74, 6) is 0. The summed E-state index contributed by atoms with van der Waals surface area (Å²) in [6, 6.07) is 7.72. The Kier molecular flexibility index (Phi) is 3.87. The molecule has 6 nitrogen and oxygen atoms in total. The fourth-order valence-corrected chi connectivity index (χ4v) is 2.24. The molecule has 108 valence electrons. The van der Waals surface area contributed by atoms with Gasteiger partial charge in [-0.15, -0.1) is 5.10 Å². The number of nitrogens with zero attached hydrogens (tertiary/aromatic N) is 5. The quantitative estimate of drug-likeness (QED) is 0.787. The first kappa shape index (κ1) is 13.6. The van der Waals surface area contributed by atoms with E-state index in [0.29, 0.717) is 11.6 Å². The fourth-order valence-electron chi connectivity index (χ4n) is 2.06. The van der Waals surface area contributed by atoms with Gasteiger partial charge >= 0.3 is 0 Å². The van der Waals surface area contributed by atoms with E-state index in [1.807, 2.05) is 18.2 Å². The highest BCUT2D eigenvalue weighted by Gasteiger charge is 2.05. The molecule has 1 aromatic carbocycles. The number of hydrogen-bond acceptors (Lipinski definition) is 4. The minimum absolute atomic E-state index is 0.668. The summed E-state index contributed by atoms with van der Waals surface area (Å²) < 4.78 is 3.73. The molecule has 2 aromatic heterocycles. The van der Waals surface area contributed by atoms with E-state index < -0.39 is 0 Å². The van der Waals surface area contributed by atoms with Gasteiger partial charge in [-0.25, -0.2) is 4.68 Å². The number of aromatic nitrogens is 5. The standard InChI is InChI=1S/C14H15ClN6/c1-2-20-6-5-11(9-20)8-16-14-7-12(3-4-13(14)15)21-10-17-18-19-21/h3-7,9-10,16H,2,8H2,1H3. The van der Waals surface area contributed by atoms with Crippen LogP contribution in [-0.4, -0.2) is 24.8 Å². The van der Waals surface area contributed by atoms with Gasteiger partial charge in [0.15, 0.2) is 0 Å². The first-order valence-electron chi connectivity index (χ1n) is 6.67. The average molecular weight is 303 g/mol. The fraction of sp³-hybridized carbons (Fsp3) is 0.214. The summed E-state index contributed by atoms with van der Waals surface area (Å²) in [6.45, 7) is 3.80. The van der Waals surface area contributed by atoms with Crippen molar-refractivity contribution in [2.24, 2.45) is 0 Å². The zero-order valence-corrected chi connectivity index (χ0v) is 12.3. The van der Waals surface area contributed by atoms with Gasteiger partial charge < -0.3 is 9.88 Å². The number of aryl methyl sites for hydroxylation is 1. The molecule has 0 spiro atoms. The summed E-state index contributed by atoms with van der Waals surface area (Å²) in [6.07, 6.45) is 5.73. The largest absolute Gasteiger partial charge is 0.380 e. The Morgan fingerprint density at radius 3 is 2.90 bits per heavy atom. The number of nitrogens with one attached hydrogen (secondary N) is 1. The van der Waals surface area contributed by atoms with Crippen LogP contribution >= 0.6 is 11.6 Å². The predicted octanol–water partition coefficient (Wildman–Crippen LogP) is 2.75. The Hall–Kier alpha value is -2.34. The number of rotatable bonds is 5. The number of benzene rings is 1. The molecule has 0 unspecified atom stereocenters. The average Bonchev–Trinajstić information content (AvgIpc) is 3.18. The maximum Gasteiger partial charge on any atom is 0.143 e. The lowest BCUT2D eigenvalue weighted by Crippen LogP contribution is -2.02. The number of tetrazole rings is 1. The Balaban J connectivity index is 1.76. The van der Waals surface area contributed by atoms with Gasteiger partial charge in [0.05, 0.1) is 16.4 Å². The first-order chi connectivity index (χ1) is 10.3. The van der Waals surface area contributed by atoms with Crippen molar-refractivity contribution >= 4 is 17.3 Å². The number of halogens is 1. The van der Waals surface area contributed by atoms with Gasteiger partial charge in [0, 0.05) is 25.5 Å². The van der Waals surface area contributed by atoms with Crippen LogP contribution in [0.3, 0.4) is 0 Å². The molecule has 0 aliphatic rings. The summed E-state index contributed by atoms with van der Waals surface area (Å²) in [5, 5.41) is 15.1. The topological polar surface area (TPSA) is 60.6 Å². The third-order valence-electron chi connectivity index (χ3n) is 3.22. The van der Waals surface area contributed by atoms with Crippen molar-refractivity contribution in [3.8, 4) is 5.69 Å². The van der Waals surface area contributed by atoms with Gasteiger partial charge in [-0.2, -0.15) is 0 Å². The highest BCUT2D eigenvalue weighted by molar-refractivity contribution is 6.33. The molecule has 0 bridgehead atoms. The molecule has 0 aliphatic carbocycles. The van der Waals surface area contributed by atoms with E-state index >= 15 is 0 Å². The molecule has 1 N–H and O–H groups in total. The lowest BCUT2D eigenvalue weighted by molar-refractivity contribution is 0.766. The SMILES string of the molecule is CCn1ccc(CNc2cc(-n3cnnn3)ccc2Cl)c1. The van der Waals surface area contributed by atoms with E-state index in [1.165, 1.54) is 5.56 Å². The Morgan fingerprint density at radius 2 is 2.19 bits per heavy atom. The van der Waals surface area contributed by atoms with Crippen molar-refractivity contribution in [3.05, 3.63) is 53.6 Å². The molecule has 0 aliphatic heterocycles. The van der Waals surface area contributed by atoms with Crippen LogP contribution in [0.2, 0.25) is 5.02 Å². The summed E-state index contributed by atoms with van der Waals surface area (Å²) >= 11 is 6.23. The highest BCUT2D eigenvalue weighted by Crippen LogP contribution is 2.25. The molecule has 0 atom stereocenters. The van der Waals surface area contributed by atoms with Crippen LogP contribution in [0.4, 0.5) is 5.69 Å². The van der Waals surface area contributed by atoms with Crippen LogP contribution in [0.25, 0.3) is 5.69 Å². The Labute approximate surface area is 127 Å². The first-order valence-corrected chi connectivity index (χ1v) is 7.05. The van der Waals surface area contributed by atoms with E-state index in [9.17, 15) is 0 Å². The molecule has 0 saturated heterocycles. The van der Waals surface area contributed by atoms with Gasteiger partial charge in [-0.1, -0.05) is 11.6 Å². The van der Waals surface area contributed by atoms with Gasteiger partial charge in [-0.05, 0) is 47.2 Å². The molecule has 0 saturated carbocycles. The molecule has 0 fully saturated rings. The number of hydrogen-bond donors (Lipinski definition) is 1. The van der Waals surface area contributed by atoms with Crippen LogP contribution < -0.4 is 5.32 Å². The second-order valence-electron chi connectivity index (χ2n) is 4.62. The van der Waals surface area contributed by atoms with Crippen LogP contribution in [0, 0.1) is 0 Å². The monoisotopic (exact) mass is 302 g/mol. The van der Waals surface area contributed by atoms with Crippen LogP contribution in [-0.2, 0) is 13.1 Å². The van der Waals surface area contributed by atoms with Crippen molar-refractivity contribution in [1.29, 1.82) is 0 Å². The zero-order valence-electron chi connectivity index (χ0n) is 11.6. The van der Waals surface area contributed by atoms with Crippen molar-refractivity contribution in [1.82, 2.24) is 24.8 Å². The van der Waals surface area contributed by atoms with Crippen molar-refractivity contribution < 1.29 is 0 Å². The van der Waals surface area contributed by atoms with E-state index in [0.717, 1.165) is 17.9 Å². The van der Waals surface area contributed by atoms with Crippen LogP contribution in [0.5, 0.6) is 0 Å². The molecule has 3 aromatic rings. The third-order valence-corrected chi connectivity index (χ3v) is 3.55. The predicted molar refractivity (Wildman–Crippen MR) is 81.6 cm³/mol. The second-order valence-corrected chi connectivity index (χ2v) is 5.03. The van der Waals surface area contributed by atoms with Gasteiger partial charge in [0.2, 0.25) is 0 Å². The molecule has 7 heteroatoms. The number of anilines is 1. The van der Waals surface area contributed by atoms with Gasteiger partial charge in [0.1, 0.15) is 6.33 Å². The lowest BCUT2D eigenvalue weighted by atomic mass is 10.2. The molecule has 0 amide bonds. The molecule has 2 heterocycles. The molecular formula is C14H15ClN6. The minimum Gasteiger partial charge on any atom is -0.380 e. The van der Waals surface area contributed by atoms with Gasteiger partial charge in [-0.3, -0.25) is 0 Å². The zero-order chi connectivity index (χ0) is 14.7. The van der Waals surface area contributed by atoms with Crippen molar-refractivity contribution in [3.63, 3.8) is 0 Å². The van der Waals surface area contributed by atoms with E-state index in [2.05, 4.69) is 50.8 Å².